The van der Waals surface area contributed by atoms with Crippen molar-refractivity contribution in [3.63, 3.8) is 0 Å². The van der Waals surface area contributed by atoms with Gasteiger partial charge in [0, 0.05) is 6.08 Å². The summed E-state index contributed by atoms with van der Waals surface area (Å²) in [4.78, 5) is 11.0. The minimum absolute atomic E-state index is 0.280. The van der Waals surface area contributed by atoms with E-state index in [1.807, 2.05) is 0 Å². The number of hydrogen-bond donors (Lipinski definition) is 0. The normalized spacial score (nSPS) is 12.5. The maximum atomic E-state index is 11.1. The quantitative estimate of drug-likeness (QED) is 0.390. The topological polar surface area (TPSA) is 52.6 Å². The van der Waals surface area contributed by atoms with Crippen LogP contribution in [0, 0.1) is 0 Å². The Labute approximate surface area is 85.1 Å². The van der Waals surface area contributed by atoms with Crippen molar-refractivity contribution in [2.24, 2.45) is 0 Å². The highest BCUT2D eigenvalue weighted by atomic mass is 31.1. The van der Waals surface area contributed by atoms with Crippen LogP contribution in [0.1, 0.15) is 20.8 Å². The van der Waals surface area contributed by atoms with Crippen molar-refractivity contribution in [3.8, 4) is 0 Å². The van der Waals surface area contributed by atoms with Gasteiger partial charge in [0.1, 0.15) is 0 Å². The molecular weight excluding hydrogens is 203 g/mol. The number of carbonyl (C=O) groups excluding carboxylic acids is 1. The van der Waals surface area contributed by atoms with Gasteiger partial charge in [-0.05, 0) is 30.9 Å². The number of carbonyl (C=O) groups is 1. The molecule has 1 unspecified atom stereocenters. The highest BCUT2D eigenvalue weighted by molar-refractivity contribution is 7.39. The van der Waals surface area contributed by atoms with Gasteiger partial charge in [-0.3, -0.25) is 0 Å². The zero-order chi connectivity index (χ0) is 11.0. The second-order valence-electron chi connectivity index (χ2n) is 2.65. The van der Waals surface area contributed by atoms with Gasteiger partial charge in [-0.25, -0.2) is 4.79 Å². The Balaban J connectivity index is 3.99. The fraction of sp³-hybridized carbons (Fsp3) is 0.667. The molecule has 0 N–H and O–H groups in total. The lowest BCUT2D eigenvalue weighted by molar-refractivity contribution is -0.137. The molecule has 0 amide bonds. The average molecular weight is 219 g/mol. The highest BCUT2D eigenvalue weighted by Gasteiger charge is 2.17. The Hall–Kier alpha value is -0.730. The molecule has 0 radical (unpaired) electrons. The zero-order valence-electron chi connectivity index (χ0n) is 8.78. The molecule has 0 spiro atoms. The van der Waals surface area contributed by atoms with Crippen LogP contribution in [0.15, 0.2) is 11.6 Å². The van der Waals surface area contributed by atoms with Gasteiger partial charge in [0.25, 0.3) is 0 Å². The van der Waals surface area contributed by atoms with E-state index >= 15 is 0 Å². The lowest BCUT2D eigenvalue weighted by Crippen LogP contribution is -2.01. The van der Waals surface area contributed by atoms with Crippen LogP contribution in [-0.2, 0) is 18.6 Å². The Morgan fingerprint density at radius 1 is 1.36 bits per heavy atom. The molecule has 0 aromatic rings. The summed E-state index contributed by atoms with van der Waals surface area (Å²) in [5.41, 5.74) is 0.706. The summed E-state index contributed by atoms with van der Waals surface area (Å²) in [6, 6.07) is 0. The summed E-state index contributed by atoms with van der Waals surface area (Å²) in [6.45, 7) is 6.00. The van der Waals surface area contributed by atoms with Gasteiger partial charge < -0.3 is 4.74 Å². The van der Waals surface area contributed by atoms with Crippen LogP contribution < -0.4 is 0 Å². The smallest absolute Gasteiger partial charge is 0.463 e. The van der Waals surface area contributed by atoms with Crippen LogP contribution in [0.5, 0.6) is 0 Å². The monoisotopic (exact) mass is 219 g/mol. The molecule has 14 heavy (non-hydrogen) atoms. The van der Waals surface area contributed by atoms with E-state index in [2.05, 4.69) is 0 Å². The molecule has 0 aromatic heterocycles. The Morgan fingerprint density at radius 2 is 2.00 bits per heavy atom. The van der Waals surface area contributed by atoms with Crippen molar-refractivity contribution < 1.29 is 18.6 Å². The minimum atomic E-state index is -1.69. The second kappa shape index (κ2) is 7.65. The van der Waals surface area contributed by atoms with E-state index in [0.717, 1.165) is 0 Å². The lowest BCUT2D eigenvalue weighted by atomic mass is 10.3. The van der Waals surface area contributed by atoms with Crippen molar-refractivity contribution in [1.29, 1.82) is 0 Å². The van der Waals surface area contributed by atoms with Crippen molar-refractivity contribution in [2.75, 3.05) is 19.4 Å². The minimum Gasteiger partial charge on any atom is -0.463 e. The SMILES string of the molecule is CCOC(=O)/C=C(\C)C[P+](=O)OCC. The summed E-state index contributed by atoms with van der Waals surface area (Å²) in [5, 5.41) is 0. The Bertz CT molecular complexity index is 235. The molecule has 0 aromatic carbocycles. The standard InChI is InChI=1S/C9H16O4P/c1-4-12-9(10)6-8(3)7-14(11)13-5-2/h6H,4-5,7H2,1-3H3/q+1/b8-6+. The van der Waals surface area contributed by atoms with Crippen molar-refractivity contribution in [1.82, 2.24) is 0 Å². The molecule has 0 aliphatic carbocycles. The van der Waals surface area contributed by atoms with E-state index in [0.29, 0.717) is 18.8 Å². The molecule has 0 saturated heterocycles. The summed E-state index contributed by atoms with van der Waals surface area (Å²) < 4.78 is 20.7. The maximum Gasteiger partial charge on any atom is 0.512 e. The molecule has 4 nitrogen and oxygen atoms in total. The van der Waals surface area contributed by atoms with Crippen LogP contribution in [0.2, 0.25) is 0 Å². The summed E-state index contributed by atoms with van der Waals surface area (Å²) >= 11 is 0. The predicted octanol–water partition coefficient (Wildman–Crippen LogP) is 2.27. The molecular formula is C9H16O4P+. The van der Waals surface area contributed by atoms with Gasteiger partial charge in [-0.15, -0.1) is 4.52 Å². The number of ether oxygens (including phenoxy) is 1. The number of allylic oxidation sites excluding steroid dienone is 1. The largest absolute Gasteiger partial charge is 0.512 e. The lowest BCUT2D eigenvalue weighted by Gasteiger charge is -1.95. The van der Waals surface area contributed by atoms with Gasteiger partial charge in [0.2, 0.25) is 0 Å². The molecule has 0 aliphatic heterocycles. The molecule has 0 bridgehead atoms. The number of rotatable bonds is 6. The van der Waals surface area contributed by atoms with E-state index in [4.69, 9.17) is 9.26 Å². The van der Waals surface area contributed by atoms with E-state index in [1.54, 1.807) is 20.8 Å². The van der Waals surface area contributed by atoms with E-state index in [-0.39, 0.29) is 6.16 Å². The van der Waals surface area contributed by atoms with Crippen molar-refractivity contribution >= 4 is 14.0 Å². The van der Waals surface area contributed by atoms with Gasteiger partial charge in [-0.2, -0.15) is 0 Å². The first-order valence-electron chi connectivity index (χ1n) is 4.51. The summed E-state index contributed by atoms with van der Waals surface area (Å²) in [6.07, 6.45) is 1.62. The molecule has 0 heterocycles. The second-order valence-corrected chi connectivity index (χ2v) is 3.89. The molecule has 0 aliphatic rings. The predicted molar refractivity (Wildman–Crippen MR) is 54.5 cm³/mol. The van der Waals surface area contributed by atoms with Crippen molar-refractivity contribution in [2.45, 2.75) is 20.8 Å². The molecule has 0 saturated carbocycles. The first kappa shape index (κ1) is 13.3. The third-order valence-electron chi connectivity index (χ3n) is 1.30. The third kappa shape index (κ3) is 6.75. The fourth-order valence-corrected chi connectivity index (χ4v) is 1.70. The van der Waals surface area contributed by atoms with E-state index < -0.39 is 14.0 Å². The molecule has 0 fully saturated rings. The zero-order valence-corrected chi connectivity index (χ0v) is 9.67. The Morgan fingerprint density at radius 3 is 2.50 bits per heavy atom. The number of esters is 1. The van der Waals surface area contributed by atoms with Crippen LogP contribution in [-0.4, -0.2) is 25.3 Å². The molecule has 0 rings (SSSR count). The van der Waals surface area contributed by atoms with Gasteiger partial charge >= 0.3 is 14.0 Å². The first-order chi connectivity index (χ1) is 6.60. The first-order valence-corrected chi connectivity index (χ1v) is 5.87. The summed E-state index contributed by atoms with van der Waals surface area (Å²) in [7, 11) is -1.69. The van der Waals surface area contributed by atoms with Gasteiger partial charge in [0.15, 0.2) is 6.16 Å². The van der Waals surface area contributed by atoms with Crippen LogP contribution in [0.25, 0.3) is 0 Å². The van der Waals surface area contributed by atoms with Crippen LogP contribution >= 0.6 is 8.03 Å². The average Bonchev–Trinajstić information content (AvgIpc) is 2.03. The fourth-order valence-electron chi connectivity index (χ4n) is 0.824. The van der Waals surface area contributed by atoms with E-state index in [1.165, 1.54) is 6.08 Å². The summed E-state index contributed by atoms with van der Waals surface area (Å²) in [5.74, 6) is -0.398. The van der Waals surface area contributed by atoms with Crippen molar-refractivity contribution in [3.05, 3.63) is 11.6 Å². The van der Waals surface area contributed by atoms with E-state index in [9.17, 15) is 9.36 Å². The molecule has 80 valence electrons. The maximum absolute atomic E-state index is 11.1. The number of hydrogen-bond acceptors (Lipinski definition) is 4. The third-order valence-corrected chi connectivity index (χ3v) is 2.61. The molecule has 1 atom stereocenters. The van der Waals surface area contributed by atoms with Crippen LogP contribution in [0.4, 0.5) is 0 Å². The van der Waals surface area contributed by atoms with Crippen LogP contribution in [0.3, 0.4) is 0 Å². The highest BCUT2D eigenvalue weighted by Crippen LogP contribution is 2.24. The van der Waals surface area contributed by atoms with Gasteiger partial charge in [0.05, 0.1) is 13.2 Å². The Kier molecular flexibility index (Phi) is 7.25. The molecule has 5 heteroatoms. The van der Waals surface area contributed by atoms with Gasteiger partial charge in [-0.1, -0.05) is 0 Å².